The van der Waals surface area contributed by atoms with Crippen molar-refractivity contribution in [2.75, 3.05) is 18.8 Å². The number of rotatable bonds is 3. The second kappa shape index (κ2) is 7.44. The summed E-state index contributed by atoms with van der Waals surface area (Å²) in [6.07, 6.45) is -0.321. The molecule has 0 bridgehead atoms. The van der Waals surface area contributed by atoms with Crippen molar-refractivity contribution in [1.29, 1.82) is 0 Å². The first-order chi connectivity index (χ1) is 13.1. The molecule has 138 valence electrons. The fourth-order valence-electron chi connectivity index (χ4n) is 3.21. The molecule has 7 heteroatoms. The minimum Gasteiger partial charge on any atom is -0.484 e. The predicted octanol–water partition coefficient (Wildman–Crippen LogP) is 2.84. The van der Waals surface area contributed by atoms with Gasteiger partial charge in [-0.25, -0.2) is 0 Å². The number of ether oxygens (including phenoxy) is 1. The molecular weight excluding hydrogens is 364 g/mol. The quantitative estimate of drug-likeness (QED) is 0.817. The van der Waals surface area contributed by atoms with Crippen molar-refractivity contribution < 1.29 is 19.1 Å². The highest BCUT2D eigenvalue weighted by Crippen LogP contribution is 2.31. The van der Waals surface area contributed by atoms with Crippen LogP contribution in [-0.2, 0) is 16.1 Å². The normalized spacial score (nSPS) is 19.5. The zero-order chi connectivity index (χ0) is 18.8. The van der Waals surface area contributed by atoms with E-state index in [2.05, 4.69) is 0 Å². The summed E-state index contributed by atoms with van der Waals surface area (Å²) in [5.74, 6) is 0.264. The van der Waals surface area contributed by atoms with Crippen LogP contribution in [0.25, 0.3) is 0 Å². The molecule has 0 spiro atoms. The number of carbonyl (C=O) groups is 3. The average molecular weight is 382 g/mol. The Bertz CT molecular complexity index is 871. The van der Waals surface area contributed by atoms with Gasteiger partial charge < -0.3 is 9.64 Å². The maximum atomic E-state index is 12.9. The van der Waals surface area contributed by atoms with E-state index >= 15 is 0 Å². The van der Waals surface area contributed by atoms with E-state index in [0.717, 1.165) is 33.5 Å². The lowest BCUT2D eigenvalue weighted by molar-refractivity contribution is -0.137. The highest BCUT2D eigenvalue weighted by Gasteiger charge is 2.34. The molecule has 0 aromatic heterocycles. The van der Waals surface area contributed by atoms with Crippen LogP contribution in [0.1, 0.15) is 17.2 Å². The Balaban J connectivity index is 1.60. The SMILES string of the molecule is O=C(CN1C(=O)CSC1=O)N1Cc2ccccc2OC(c2ccccc2)C1. The third kappa shape index (κ3) is 3.68. The Labute approximate surface area is 161 Å². The van der Waals surface area contributed by atoms with E-state index in [0.29, 0.717) is 13.1 Å². The number of para-hydroxylation sites is 1. The molecule has 4 rings (SSSR count). The van der Waals surface area contributed by atoms with Crippen LogP contribution in [-0.4, -0.2) is 45.7 Å². The van der Waals surface area contributed by atoms with Crippen LogP contribution in [0.2, 0.25) is 0 Å². The first-order valence-electron chi connectivity index (χ1n) is 8.66. The summed E-state index contributed by atoms with van der Waals surface area (Å²) in [6.45, 7) is 0.497. The maximum absolute atomic E-state index is 12.9. The Hall–Kier alpha value is -2.80. The second-order valence-electron chi connectivity index (χ2n) is 6.43. The fraction of sp³-hybridized carbons (Fsp3) is 0.250. The molecule has 0 aliphatic carbocycles. The van der Waals surface area contributed by atoms with Crippen LogP contribution in [0.15, 0.2) is 54.6 Å². The van der Waals surface area contributed by atoms with E-state index in [4.69, 9.17) is 4.74 Å². The summed E-state index contributed by atoms with van der Waals surface area (Å²) in [5, 5.41) is -0.362. The van der Waals surface area contributed by atoms with Crippen molar-refractivity contribution in [2.24, 2.45) is 0 Å². The number of amides is 3. The number of benzene rings is 2. The Morgan fingerprint density at radius 3 is 2.56 bits per heavy atom. The number of thioether (sulfide) groups is 1. The summed E-state index contributed by atoms with van der Waals surface area (Å²) in [4.78, 5) is 39.3. The van der Waals surface area contributed by atoms with Crippen molar-refractivity contribution in [2.45, 2.75) is 12.6 Å². The fourth-order valence-corrected chi connectivity index (χ4v) is 3.94. The van der Waals surface area contributed by atoms with Gasteiger partial charge in [0.15, 0.2) is 0 Å². The molecule has 2 heterocycles. The third-order valence-electron chi connectivity index (χ3n) is 4.65. The van der Waals surface area contributed by atoms with Gasteiger partial charge in [-0.2, -0.15) is 0 Å². The highest BCUT2D eigenvalue weighted by molar-refractivity contribution is 8.14. The number of imide groups is 1. The minimum atomic E-state index is -0.362. The van der Waals surface area contributed by atoms with Crippen LogP contribution in [0.3, 0.4) is 0 Å². The first-order valence-corrected chi connectivity index (χ1v) is 9.65. The minimum absolute atomic E-state index is 0.102. The van der Waals surface area contributed by atoms with Gasteiger partial charge in [-0.1, -0.05) is 60.3 Å². The van der Waals surface area contributed by atoms with Crippen molar-refractivity contribution in [3.05, 3.63) is 65.7 Å². The van der Waals surface area contributed by atoms with E-state index in [1.54, 1.807) is 4.90 Å². The van der Waals surface area contributed by atoms with Gasteiger partial charge in [-0.15, -0.1) is 0 Å². The molecular formula is C20H18N2O4S. The molecule has 6 nitrogen and oxygen atoms in total. The zero-order valence-corrected chi connectivity index (χ0v) is 15.4. The van der Waals surface area contributed by atoms with Crippen LogP contribution in [0.4, 0.5) is 4.79 Å². The molecule has 2 aliphatic rings. The van der Waals surface area contributed by atoms with E-state index in [9.17, 15) is 14.4 Å². The van der Waals surface area contributed by atoms with Crippen molar-refractivity contribution in [1.82, 2.24) is 9.80 Å². The van der Waals surface area contributed by atoms with Crippen molar-refractivity contribution in [3.63, 3.8) is 0 Å². The molecule has 2 aliphatic heterocycles. The van der Waals surface area contributed by atoms with Crippen LogP contribution in [0, 0.1) is 0 Å². The van der Waals surface area contributed by atoms with Gasteiger partial charge >= 0.3 is 0 Å². The number of carbonyl (C=O) groups excluding carboxylic acids is 3. The number of hydrogen-bond donors (Lipinski definition) is 0. The monoisotopic (exact) mass is 382 g/mol. The molecule has 1 fully saturated rings. The van der Waals surface area contributed by atoms with Gasteiger partial charge in [-0.3, -0.25) is 19.3 Å². The highest BCUT2D eigenvalue weighted by atomic mass is 32.2. The van der Waals surface area contributed by atoms with Crippen LogP contribution in [0.5, 0.6) is 5.75 Å². The molecule has 3 amide bonds. The van der Waals surface area contributed by atoms with Crippen molar-refractivity contribution in [3.8, 4) is 5.75 Å². The number of nitrogens with zero attached hydrogens (tertiary/aromatic N) is 2. The summed E-state index contributed by atoms with van der Waals surface area (Å²) < 4.78 is 6.19. The molecule has 2 aromatic rings. The molecule has 0 N–H and O–H groups in total. The molecule has 0 saturated carbocycles. The zero-order valence-electron chi connectivity index (χ0n) is 14.5. The largest absolute Gasteiger partial charge is 0.484 e. The Kier molecular flexibility index (Phi) is 4.85. The van der Waals surface area contributed by atoms with E-state index in [-0.39, 0.29) is 35.5 Å². The lowest BCUT2D eigenvalue weighted by Gasteiger charge is -2.26. The summed E-state index contributed by atoms with van der Waals surface area (Å²) >= 11 is 0.934. The summed E-state index contributed by atoms with van der Waals surface area (Å²) in [6, 6.07) is 17.3. The van der Waals surface area contributed by atoms with Crippen LogP contribution < -0.4 is 4.74 Å². The Morgan fingerprint density at radius 2 is 1.81 bits per heavy atom. The van der Waals surface area contributed by atoms with Crippen LogP contribution >= 0.6 is 11.8 Å². The van der Waals surface area contributed by atoms with E-state index in [1.807, 2.05) is 54.6 Å². The summed E-state index contributed by atoms with van der Waals surface area (Å²) in [5.41, 5.74) is 1.87. The van der Waals surface area contributed by atoms with Crippen molar-refractivity contribution >= 4 is 28.8 Å². The molecule has 1 atom stereocenters. The topological polar surface area (TPSA) is 66.9 Å². The first kappa shape index (κ1) is 17.6. The third-order valence-corrected chi connectivity index (χ3v) is 5.51. The molecule has 2 aromatic carbocycles. The molecule has 27 heavy (non-hydrogen) atoms. The van der Waals surface area contributed by atoms with E-state index in [1.165, 1.54) is 0 Å². The molecule has 1 saturated heterocycles. The Morgan fingerprint density at radius 1 is 1.07 bits per heavy atom. The average Bonchev–Trinajstić information content (AvgIpc) is 2.91. The summed E-state index contributed by atoms with van der Waals surface area (Å²) in [7, 11) is 0. The molecule has 1 unspecified atom stereocenters. The number of hydrogen-bond acceptors (Lipinski definition) is 5. The van der Waals surface area contributed by atoms with E-state index < -0.39 is 0 Å². The predicted molar refractivity (Wildman–Crippen MR) is 101 cm³/mol. The lowest BCUT2D eigenvalue weighted by Crippen LogP contribution is -2.43. The lowest BCUT2D eigenvalue weighted by atomic mass is 10.1. The van der Waals surface area contributed by atoms with Gasteiger partial charge in [0.2, 0.25) is 11.8 Å². The second-order valence-corrected chi connectivity index (χ2v) is 7.36. The van der Waals surface area contributed by atoms with Gasteiger partial charge in [-0.05, 0) is 11.6 Å². The van der Waals surface area contributed by atoms with Gasteiger partial charge in [0.05, 0.1) is 12.3 Å². The molecule has 0 radical (unpaired) electrons. The maximum Gasteiger partial charge on any atom is 0.289 e. The number of fused-ring (bicyclic) bond motifs is 1. The smallest absolute Gasteiger partial charge is 0.289 e. The van der Waals surface area contributed by atoms with Gasteiger partial charge in [0.25, 0.3) is 5.24 Å². The standard InChI is InChI=1S/C20H18N2O4S/c23-18(12-22-19(24)13-27-20(22)25)21-10-15-8-4-5-9-16(15)26-17(11-21)14-6-2-1-3-7-14/h1-9,17H,10-13H2. The van der Waals surface area contributed by atoms with Gasteiger partial charge in [0, 0.05) is 12.1 Å². The van der Waals surface area contributed by atoms with Gasteiger partial charge in [0.1, 0.15) is 18.4 Å².